The molecule has 1 atom stereocenters. The van der Waals surface area contributed by atoms with Crippen LogP contribution in [0.3, 0.4) is 0 Å². The quantitative estimate of drug-likeness (QED) is 0.714. The Balaban J connectivity index is 1.73. The van der Waals surface area contributed by atoms with Gasteiger partial charge in [-0.2, -0.15) is 5.10 Å². The molecule has 0 aliphatic heterocycles. The van der Waals surface area contributed by atoms with E-state index in [1.165, 1.54) is 16.8 Å². The number of nitrogens with one attached hydrogen (secondary N) is 1. The van der Waals surface area contributed by atoms with Gasteiger partial charge in [0.15, 0.2) is 5.82 Å². The molecule has 1 N–H and O–H groups in total. The van der Waals surface area contributed by atoms with Crippen molar-refractivity contribution < 1.29 is 13.5 Å². The summed E-state index contributed by atoms with van der Waals surface area (Å²) in [5.41, 5.74) is 3.14. The van der Waals surface area contributed by atoms with E-state index >= 15 is 0 Å². The normalized spacial score (nSPS) is 12.2. The first-order valence-corrected chi connectivity index (χ1v) is 8.36. The number of halogens is 2. The highest BCUT2D eigenvalue weighted by atomic mass is 19.1. The Labute approximate surface area is 151 Å². The number of hydrogen-bond acceptors (Lipinski definition) is 3. The molecular weight excluding hydrogens is 336 g/mol. The minimum absolute atomic E-state index is 0.0226. The van der Waals surface area contributed by atoms with Gasteiger partial charge in [0.25, 0.3) is 0 Å². The van der Waals surface area contributed by atoms with Gasteiger partial charge in [0.2, 0.25) is 0 Å². The first kappa shape index (κ1) is 18.1. The van der Waals surface area contributed by atoms with Gasteiger partial charge in [-0.25, -0.2) is 13.5 Å². The second-order valence-electron chi connectivity index (χ2n) is 6.14. The van der Waals surface area contributed by atoms with Crippen LogP contribution < -0.4 is 10.1 Å². The Bertz CT molecular complexity index is 891. The summed E-state index contributed by atoms with van der Waals surface area (Å²) in [7, 11) is 1.64. The summed E-state index contributed by atoms with van der Waals surface area (Å²) in [5.74, 6) is -0.423. The number of rotatable bonds is 6. The van der Waals surface area contributed by atoms with Crippen LogP contribution in [0.2, 0.25) is 0 Å². The smallest absolute Gasteiger partial charge is 0.151 e. The second kappa shape index (κ2) is 7.66. The molecule has 6 heteroatoms. The van der Waals surface area contributed by atoms with Crippen molar-refractivity contribution in [2.24, 2.45) is 0 Å². The molecule has 26 heavy (non-hydrogen) atoms. The standard InChI is InChI=1S/C20H21F2N3O/c1-13(23-11-15-4-7-17(26-3)8-5-15)18-12-24-25(14(18)2)20-9-6-16(21)10-19(20)22/h4-10,12-13,23H,11H2,1-3H3/t13-/m1/s1. The minimum atomic E-state index is -0.637. The molecule has 0 aliphatic rings. The van der Waals surface area contributed by atoms with E-state index < -0.39 is 11.6 Å². The second-order valence-corrected chi connectivity index (χ2v) is 6.14. The molecule has 0 aliphatic carbocycles. The van der Waals surface area contributed by atoms with Crippen molar-refractivity contribution in [3.05, 3.63) is 77.1 Å². The van der Waals surface area contributed by atoms with E-state index in [2.05, 4.69) is 10.4 Å². The highest BCUT2D eigenvalue weighted by molar-refractivity contribution is 5.37. The maximum Gasteiger partial charge on any atom is 0.151 e. The Kier molecular flexibility index (Phi) is 5.32. The van der Waals surface area contributed by atoms with Crippen LogP contribution in [0.25, 0.3) is 5.69 Å². The molecule has 0 amide bonds. The van der Waals surface area contributed by atoms with Crippen LogP contribution in [0, 0.1) is 18.6 Å². The van der Waals surface area contributed by atoms with Gasteiger partial charge in [0, 0.05) is 29.9 Å². The summed E-state index contributed by atoms with van der Waals surface area (Å²) < 4.78 is 33.8. The zero-order chi connectivity index (χ0) is 18.7. The molecule has 0 spiro atoms. The molecule has 0 saturated heterocycles. The first-order chi connectivity index (χ1) is 12.5. The average molecular weight is 357 g/mol. The molecule has 1 heterocycles. The maximum absolute atomic E-state index is 14.0. The number of hydrogen-bond donors (Lipinski definition) is 1. The first-order valence-electron chi connectivity index (χ1n) is 8.36. The van der Waals surface area contributed by atoms with Gasteiger partial charge in [0.05, 0.1) is 13.3 Å². The predicted molar refractivity (Wildman–Crippen MR) is 96.5 cm³/mol. The summed E-state index contributed by atoms with van der Waals surface area (Å²) in [6.45, 7) is 4.58. The topological polar surface area (TPSA) is 39.1 Å². The lowest BCUT2D eigenvalue weighted by Crippen LogP contribution is -2.18. The average Bonchev–Trinajstić information content (AvgIpc) is 3.01. The highest BCUT2D eigenvalue weighted by Crippen LogP contribution is 2.22. The maximum atomic E-state index is 14.0. The van der Waals surface area contributed by atoms with Crippen molar-refractivity contribution in [3.63, 3.8) is 0 Å². The minimum Gasteiger partial charge on any atom is -0.497 e. The van der Waals surface area contributed by atoms with Crippen LogP contribution >= 0.6 is 0 Å². The third kappa shape index (κ3) is 3.75. The Morgan fingerprint density at radius 3 is 2.54 bits per heavy atom. The molecule has 2 aromatic carbocycles. The molecule has 0 bridgehead atoms. The van der Waals surface area contributed by atoms with Crippen LogP contribution in [0.15, 0.2) is 48.7 Å². The lowest BCUT2D eigenvalue weighted by Gasteiger charge is -2.14. The van der Waals surface area contributed by atoms with Crippen LogP contribution in [0.4, 0.5) is 8.78 Å². The van der Waals surface area contributed by atoms with Crippen molar-refractivity contribution in [2.75, 3.05) is 7.11 Å². The molecule has 3 aromatic rings. The van der Waals surface area contributed by atoms with Crippen molar-refractivity contribution in [2.45, 2.75) is 26.4 Å². The Hall–Kier alpha value is -2.73. The molecule has 0 radical (unpaired) electrons. The lowest BCUT2D eigenvalue weighted by atomic mass is 10.1. The fourth-order valence-electron chi connectivity index (χ4n) is 2.87. The molecule has 3 rings (SSSR count). The van der Waals surface area contributed by atoms with E-state index in [1.807, 2.05) is 38.1 Å². The summed E-state index contributed by atoms with van der Waals surface area (Å²) >= 11 is 0. The van der Waals surface area contributed by atoms with E-state index in [1.54, 1.807) is 13.3 Å². The third-order valence-corrected chi connectivity index (χ3v) is 4.42. The monoisotopic (exact) mass is 357 g/mol. The highest BCUT2D eigenvalue weighted by Gasteiger charge is 2.16. The van der Waals surface area contributed by atoms with Crippen molar-refractivity contribution in [3.8, 4) is 11.4 Å². The van der Waals surface area contributed by atoms with Gasteiger partial charge in [-0.15, -0.1) is 0 Å². The van der Waals surface area contributed by atoms with E-state index in [9.17, 15) is 8.78 Å². The number of aromatic nitrogens is 2. The van der Waals surface area contributed by atoms with E-state index in [0.717, 1.165) is 28.6 Å². The van der Waals surface area contributed by atoms with E-state index in [0.29, 0.717) is 6.54 Å². The van der Waals surface area contributed by atoms with Gasteiger partial charge in [-0.05, 0) is 43.7 Å². The Morgan fingerprint density at radius 2 is 1.88 bits per heavy atom. The van der Waals surface area contributed by atoms with Gasteiger partial charge in [-0.3, -0.25) is 0 Å². The van der Waals surface area contributed by atoms with Gasteiger partial charge >= 0.3 is 0 Å². The van der Waals surface area contributed by atoms with Crippen LogP contribution in [0.5, 0.6) is 5.75 Å². The van der Waals surface area contributed by atoms with Crippen molar-refractivity contribution >= 4 is 0 Å². The SMILES string of the molecule is COc1ccc(CN[C@H](C)c2cnn(-c3ccc(F)cc3F)c2C)cc1. The summed E-state index contributed by atoms with van der Waals surface area (Å²) in [6, 6.07) is 11.3. The zero-order valence-corrected chi connectivity index (χ0v) is 15.0. The Morgan fingerprint density at radius 1 is 1.15 bits per heavy atom. The van der Waals surface area contributed by atoms with Gasteiger partial charge in [-0.1, -0.05) is 12.1 Å². The third-order valence-electron chi connectivity index (χ3n) is 4.42. The molecular formula is C20H21F2N3O. The molecule has 0 fully saturated rings. The fourth-order valence-corrected chi connectivity index (χ4v) is 2.87. The van der Waals surface area contributed by atoms with Crippen LogP contribution in [-0.2, 0) is 6.54 Å². The molecule has 0 saturated carbocycles. The van der Waals surface area contributed by atoms with E-state index in [4.69, 9.17) is 4.74 Å². The lowest BCUT2D eigenvalue weighted by molar-refractivity contribution is 0.414. The molecule has 4 nitrogen and oxygen atoms in total. The van der Waals surface area contributed by atoms with Gasteiger partial charge in [0.1, 0.15) is 17.3 Å². The molecule has 0 unspecified atom stereocenters. The largest absolute Gasteiger partial charge is 0.497 e. The number of nitrogens with zero attached hydrogens (tertiary/aromatic N) is 2. The summed E-state index contributed by atoms with van der Waals surface area (Å²) in [5, 5.41) is 7.71. The van der Waals surface area contributed by atoms with Gasteiger partial charge < -0.3 is 10.1 Å². The summed E-state index contributed by atoms with van der Waals surface area (Å²) in [6.07, 6.45) is 1.71. The number of methoxy groups -OCH3 is 1. The zero-order valence-electron chi connectivity index (χ0n) is 15.0. The predicted octanol–water partition coefficient (Wildman–Crippen LogP) is 4.32. The van der Waals surface area contributed by atoms with Crippen LogP contribution in [0.1, 0.15) is 29.8 Å². The number of ether oxygens (including phenoxy) is 1. The fraction of sp³-hybridized carbons (Fsp3) is 0.250. The van der Waals surface area contributed by atoms with Crippen LogP contribution in [-0.4, -0.2) is 16.9 Å². The van der Waals surface area contributed by atoms with Crippen molar-refractivity contribution in [1.29, 1.82) is 0 Å². The summed E-state index contributed by atoms with van der Waals surface area (Å²) in [4.78, 5) is 0. The number of benzene rings is 2. The van der Waals surface area contributed by atoms with Crippen molar-refractivity contribution in [1.82, 2.24) is 15.1 Å². The molecule has 1 aromatic heterocycles. The molecule has 136 valence electrons. The van der Waals surface area contributed by atoms with E-state index in [-0.39, 0.29) is 11.7 Å².